The zero-order valence-corrected chi connectivity index (χ0v) is 16.4. The summed E-state index contributed by atoms with van der Waals surface area (Å²) in [4.78, 5) is 26.6. The third-order valence-corrected chi connectivity index (χ3v) is 3.08. The van der Waals surface area contributed by atoms with Crippen LogP contribution in [0, 0.1) is 0 Å². The van der Waals surface area contributed by atoms with E-state index in [-0.39, 0.29) is 52.6 Å². The lowest BCUT2D eigenvalue weighted by Gasteiger charge is -2.30. The van der Waals surface area contributed by atoms with Gasteiger partial charge in [-0.1, -0.05) is 5.11 Å². The largest absolute Gasteiger partial charge is 0.481 e. The highest BCUT2D eigenvalue weighted by Gasteiger charge is 2.25. The van der Waals surface area contributed by atoms with Crippen LogP contribution in [0.1, 0.15) is 27.2 Å². The number of rotatable bonds is 14. The second kappa shape index (κ2) is 14.0. The van der Waals surface area contributed by atoms with Crippen LogP contribution in [0.25, 0.3) is 10.4 Å². The van der Waals surface area contributed by atoms with E-state index in [9.17, 15) is 9.59 Å². The van der Waals surface area contributed by atoms with Gasteiger partial charge in [-0.3, -0.25) is 4.79 Å². The van der Waals surface area contributed by atoms with Crippen molar-refractivity contribution in [2.45, 2.75) is 38.8 Å². The summed E-state index contributed by atoms with van der Waals surface area (Å²) in [6.45, 7) is 6.70. The van der Waals surface area contributed by atoms with Crippen LogP contribution >= 0.6 is 0 Å². The van der Waals surface area contributed by atoms with E-state index in [4.69, 9.17) is 29.6 Å². The normalized spacial score (nSPS) is 12.1. The molecule has 1 unspecified atom stereocenters. The first-order chi connectivity index (χ1) is 12.7. The highest BCUT2D eigenvalue weighted by molar-refractivity contribution is 5.68. The number of hydrogen-bond donors (Lipinski definition) is 1. The van der Waals surface area contributed by atoms with Gasteiger partial charge in [0.05, 0.1) is 52.1 Å². The Labute approximate surface area is 159 Å². The number of ether oxygens (including phenoxy) is 4. The summed E-state index contributed by atoms with van der Waals surface area (Å²) in [5, 5.41) is 11.9. The molecule has 0 rings (SSSR count). The third-order valence-electron chi connectivity index (χ3n) is 3.08. The van der Waals surface area contributed by atoms with Gasteiger partial charge in [0.25, 0.3) is 0 Å². The molecule has 1 atom stereocenters. The van der Waals surface area contributed by atoms with Crippen LogP contribution in [-0.4, -0.2) is 86.9 Å². The quantitative estimate of drug-likeness (QED) is 0.207. The first-order valence-corrected chi connectivity index (χ1v) is 8.59. The number of carbonyl (C=O) groups is 2. The molecule has 11 nitrogen and oxygen atoms in total. The number of carboxylic acid groups (broad SMARTS) is 1. The second-order valence-electron chi connectivity index (χ2n) is 6.61. The topological polar surface area (TPSA) is 143 Å². The van der Waals surface area contributed by atoms with Crippen molar-refractivity contribution in [2.75, 3.05) is 53.2 Å². The summed E-state index contributed by atoms with van der Waals surface area (Å²) >= 11 is 0. The maximum atomic E-state index is 12.2. The molecule has 0 fully saturated rings. The average molecular weight is 390 g/mol. The van der Waals surface area contributed by atoms with Gasteiger partial charge in [0, 0.05) is 18.5 Å². The molecule has 0 heterocycles. The Morgan fingerprint density at radius 1 is 1.11 bits per heavy atom. The molecule has 27 heavy (non-hydrogen) atoms. The molecular weight excluding hydrogens is 360 g/mol. The highest BCUT2D eigenvalue weighted by Crippen LogP contribution is 2.11. The number of hydrogen-bond acceptors (Lipinski definition) is 7. The minimum absolute atomic E-state index is 0.0664. The number of azide groups is 1. The van der Waals surface area contributed by atoms with Crippen molar-refractivity contribution in [3.8, 4) is 0 Å². The van der Waals surface area contributed by atoms with Crippen molar-refractivity contribution >= 4 is 12.1 Å². The molecule has 0 radical (unpaired) electrons. The molecule has 156 valence electrons. The summed E-state index contributed by atoms with van der Waals surface area (Å²) in [7, 11) is 1.59. The molecule has 0 saturated carbocycles. The van der Waals surface area contributed by atoms with Crippen LogP contribution in [0.5, 0.6) is 0 Å². The van der Waals surface area contributed by atoms with E-state index in [0.717, 1.165) is 0 Å². The fraction of sp³-hybridized carbons (Fsp3) is 0.875. The van der Waals surface area contributed by atoms with Gasteiger partial charge in [-0.25, -0.2) is 4.79 Å². The molecule has 0 bridgehead atoms. The van der Waals surface area contributed by atoms with Gasteiger partial charge in [-0.05, 0) is 26.3 Å². The minimum Gasteiger partial charge on any atom is -0.481 e. The first kappa shape index (κ1) is 24.9. The molecule has 0 aliphatic carbocycles. The monoisotopic (exact) mass is 390 g/mol. The van der Waals surface area contributed by atoms with Gasteiger partial charge >= 0.3 is 12.1 Å². The number of carbonyl (C=O) groups excluding carboxylic acids is 1. The molecule has 0 saturated heterocycles. The van der Waals surface area contributed by atoms with Crippen molar-refractivity contribution in [3.05, 3.63) is 10.4 Å². The van der Waals surface area contributed by atoms with Crippen LogP contribution in [0.15, 0.2) is 5.11 Å². The number of likely N-dealkylation sites (N-methyl/N-ethyl adjacent to an activating group) is 1. The fourth-order valence-corrected chi connectivity index (χ4v) is 1.72. The molecule has 0 spiro atoms. The number of aliphatic carboxylic acids is 1. The molecular formula is C16H30N4O7. The third kappa shape index (κ3) is 14.8. The summed E-state index contributed by atoms with van der Waals surface area (Å²) in [5.74, 6) is -0.923. The highest BCUT2D eigenvalue weighted by atomic mass is 16.6. The summed E-state index contributed by atoms with van der Waals surface area (Å²) in [6, 6.07) is -0.412. The Bertz CT molecular complexity index is 490. The van der Waals surface area contributed by atoms with E-state index in [1.54, 1.807) is 27.8 Å². The van der Waals surface area contributed by atoms with Crippen molar-refractivity contribution in [3.63, 3.8) is 0 Å². The lowest BCUT2D eigenvalue weighted by Crippen LogP contribution is -2.45. The predicted octanol–water partition coefficient (Wildman–Crippen LogP) is 2.06. The van der Waals surface area contributed by atoms with Crippen molar-refractivity contribution < 1.29 is 33.6 Å². The Balaban J connectivity index is 4.39. The Morgan fingerprint density at radius 3 is 2.26 bits per heavy atom. The number of carboxylic acids is 1. The van der Waals surface area contributed by atoms with E-state index < -0.39 is 23.7 Å². The lowest BCUT2D eigenvalue weighted by molar-refractivity contribution is -0.138. The number of nitrogens with zero attached hydrogens (tertiary/aromatic N) is 4. The van der Waals surface area contributed by atoms with Crippen molar-refractivity contribution in [1.29, 1.82) is 0 Å². The van der Waals surface area contributed by atoms with E-state index in [1.807, 2.05) is 0 Å². The summed E-state index contributed by atoms with van der Waals surface area (Å²) in [6.07, 6.45) is -0.573. The van der Waals surface area contributed by atoms with Crippen LogP contribution in [-0.2, 0) is 23.7 Å². The SMILES string of the molecule is CN(C(=O)OC(C)(C)C)C(COCCN=[N+]=[N-])COCCOCCC(=O)O. The van der Waals surface area contributed by atoms with Gasteiger partial charge in [-0.2, -0.15) is 0 Å². The van der Waals surface area contributed by atoms with E-state index in [0.29, 0.717) is 0 Å². The van der Waals surface area contributed by atoms with Crippen LogP contribution < -0.4 is 0 Å². The Kier molecular flexibility index (Phi) is 13.0. The maximum Gasteiger partial charge on any atom is 0.410 e. The van der Waals surface area contributed by atoms with Gasteiger partial charge < -0.3 is 29.0 Å². The van der Waals surface area contributed by atoms with E-state index in [1.165, 1.54) is 4.90 Å². The first-order valence-electron chi connectivity index (χ1n) is 8.59. The fourth-order valence-electron chi connectivity index (χ4n) is 1.72. The van der Waals surface area contributed by atoms with Crippen molar-refractivity contribution in [1.82, 2.24) is 4.90 Å². The van der Waals surface area contributed by atoms with Gasteiger partial charge in [0.1, 0.15) is 5.60 Å². The standard InChI is InChI=1S/C16H30N4O7/c1-16(2,3)27-15(23)20(4)13(11-25-8-6-18-19-17)12-26-10-9-24-7-5-14(21)22/h13H,5-12H2,1-4H3,(H,21,22). The molecule has 0 aromatic rings. The average Bonchev–Trinajstić information content (AvgIpc) is 2.56. The molecule has 0 aromatic heterocycles. The van der Waals surface area contributed by atoms with Crippen molar-refractivity contribution in [2.24, 2.45) is 5.11 Å². The lowest BCUT2D eigenvalue weighted by atomic mass is 10.2. The minimum atomic E-state index is -0.923. The van der Waals surface area contributed by atoms with Crippen LogP contribution in [0.3, 0.4) is 0 Å². The number of amides is 1. The van der Waals surface area contributed by atoms with Crippen LogP contribution in [0.2, 0.25) is 0 Å². The van der Waals surface area contributed by atoms with Gasteiger partial charge in [-0.15, -0.1) is 0 Å². The zero-order valence-electron chi connectivity index (χ0n) is 16.4. The molecule has 0 aromatic carbocycles. The van der Waals surface area contributed by atoms with E-state index >= 15 is 0 Å². The predicted molar refractivity (Wildman–Crippen MR) is 96.5 cm³/mol. The Hall–Kier alpha value is -2.07. The molecule has 1 N–H and O–H groups in total. The Morgan fingerprint density at radius 2 is 1.70 bits per heavy atom. The van der Waals surface area contributed by atoms with Gasteiger partial charge in [0.15, 0.2) is 0 Å². The molecule has 11 heteroatoms. The molecule has 1 amide bonds. The summed E-state index contributed by atoms with van der Waals surface area (Å²) in [5.41, 5.74) is 7.62. The van der Waals surface area contributed by atoms with Crippen LogP contribution in [0.4, 0.5) is 4.79 Å². The molecule has 0 aliphatic heterocycles. The maximum absolute atomic E-state index is 12.2. The molecule has 0 aliphatic rings. The zero-order chi connectivity index (χ0) is 20.7. The summed E-state index contributed by atoms with van der Waals surface area (Å²) < 4.78 is 21.4. The van der Waals surface area contributed by atoms with E-state index in [2.05, 4.69) is 10.0 Å². The smallest absolute Gasteiger partial charge is 0.410 e. The second-order valence-corrected chi connectivity index (χ2v) is 6.61. The van der Waals surface area contributed by atoms with Gasteiger partial charge in [0.2, 0.25) is 0 Å².